The molecule has 0 aliphatic carbocycles. The molecule has 29 heavy (non-hydrogen) atoms. The molecule has 142 valence electrons. The highest BCUT2D eigenvalue weighted by Crippen LogP contribution is 2.56. The van der Waals surface area contributed by atoms with Crippen LogP contribution >= 0.6 is 11.8 Å². The highest BCUT2D eigenvalue weighted by Gasteiger charge is 2.54. The van der Waals surface area contributed by atoms with Gasteiger partial charge in [0.25, 0.3) is 5.90 Å². The Morgan fingerprint density at radius 3 is 2.21 bits per heavy atom. The standard InChI is InChI=1S/C24H18N2O2S/c1-26-19-13-7-8-14-20(19)29-24(26)23(27-2)25-21-17-11-5-3-9-15(17)16-10-4-6-12-18(16)22(21)28-24/h3-14H,1-2H3/t24-/m1/s1. The van der Waals surface area contributed by atoms with Crippen LogP contribution in [0.4, 0.5) is 11.4 Å². The van der Waals surface area contributed by atoms with Crippen molar-refractivity contribution >= 4 is 50.6 Å². The smallest absolute Gasteiger partial charge is 0.313 e. The molecule has 2 aliphatic rings. The number of likely N-dealkylation sites (N-methyl/N-ethyl adjacent to an activating group) is 1. The maximum atomic E-state index is 6.83. The number of methoxy groups -OCH3 is 1. The molecule has 0 unspecified atom stereocenters. The predicted octanol–water partition coefficient (Wildman–Crippen LogP) is 5.96. The molecular weight excluding hydrogens is 380 g/mol. The van der Waals surface area contributed by atoms with Crippen LogP contribution < -0.4 is 9.64 Å². The second kappa shape index (κ2) is 5.91. The molecule has 4 nitrogen and oxygen atoms in total. The predicted molar refractivity (Wildman–Crippen MR) is 120 cm³/mol. The third-order valence-corrected chi connectivity index (χ3v) is 7.07. The lowest BCUT2D eigenvalue weighted by Gasteiger charge is -2.39. The monoisotopic (exact) mass is 398 g/mol. The van der Waals surface area contributed by atoms with Gasteiger partial charge in [0, 0.05) is 22.7 Å². The van der Waals surface area contributed by atoms with Gasteiger partial charge in [0.15, 0.2) is 5.75 Å². The average molecular weight is 398 g/mol. The summed E-state index contributed by atoms with van der Waals surface area (Å²) < 4.78 is 12.6. The van der Waals surface area contributed by atoms with Crippen LogP contribution in [0.25, 0.3) is 21.5 Å². The SMILES string of the molecule is COC1=Nc2c(c3ccccc3c3ccccc23)O[C@@]12Sc1ccccc1N2C. The highest BCUT2D eigenvalue weighted by molar-refractivity contribution is 8.02. The number of aliphatic imine (C=N–C) groups is 1. The van der Waals surface area contributed by atoms with Crippen molar-refractivity contribution in [3.63, 3.8) is 0 Å². The first kappa shape index (κ1) is 16.7. The van der Waals surface area contributed by atoms with Gasteiger partial charge in [-0.2, -0.15) is 0 Å². The first-order chi connectivity index (χ1) is 14.2. The van der Waals surface area contributed by atoms with Gasteiger partial charge in [-0.3, -0.25) is 0 Å². The minimum Gasteiger partial charge on any atom is -0.479 e. The lowest BCUT2D eigenvalue weighted by Crippen LogP contribution is -2.54. The lowest BCUT2D eigenvalue weighted by atomic mass is 9.98. The average Bonchev–Trinajstić information content (AvgIpc) is 3.05. The number of nitrogens with zero attached hydrogens (tertiary/aromatic N) is 2. The Bertz CT molecular complexity index is 1330. The molecule has 4 aromatic carbocycles. The summed E-state index contributed by atoms with van der Waals surface area (Å²) >= 11 is 1.63. The van der Waals surface area contributed by atoms with Gasteiger partial charge in [-0.05, 0) is 34.7 Å². The Labute approximate surface area is 172 Å². The zero-order valence-corrected chi connectivity index (χ0v) is 16.9. The molecule has 1 spiro atoms. The molecule has 5 heteroatoms. The van der Waals surface area contributed by atoms with Crippen LogP contribution in [0.3, 0.4) is 0 Å². The summed E-state index contributed by atoms with van der Waals surface area (Å²) in [6.45, 7) is 0. The van der Waals surface area contributed by atoms with E-state index in [1.54, 1.807) is 18.9 Å². The van der Waals surface area contributed by atoms with Crippen molar-refractivity contribution < 1.29 is 9.47 Å². The summed E-state index contributed by atoms with van der Waals surface area (Å²) in [6, 6.07) is 25.0. The molecule has 2 aliphatic heterocycles. The maximum absolute atomic E-state index is 6.83. The Morgan fingerprint density at radius 2 is 1.48 bits per heavy atom. The van der Waals surface area contributed by atoms with E-state index in [-0.39, 0.29) is 0 Å². The highest BCUT2D eigenvalue weighted by atomic mass is 32.2. The van der Waals surface area contributed by atoms with Crippen LogP contribution in [0.1, 0.15) is 0 Å². The van der Waals surface area contributed by atoms with Crippen molar-refractivity contribution in [1.82, 2.24) is 0 Å². The van der Waals surface area contributed by atoms with Crippen molar-refractivity contribution in [2.45, 2.75) is 9.95 Å². The second-order valence-corrected chi connectivity index (χ2v) is 8.40. The first-order valence-corrected chi connectivity index (χ1v) is 10.3. The second-order valence-electron chi connectivity index (χ2n) is 7.20. The van der Waals surface area contributed by atoms with E-state index in [0.717, 1.165) is 43.6 Å². The number of fused-ring (bicyclic) bond motifs is 7. The van der Waals surface area contributed by atoms with Gasteiger partial charge in [0.05, 0.1) is 12.8 Å². The molecule has 0 bridgehead atoms. The summed E-state index contributed by atoms with van der Waals surface area (Å²) in [5.74, 6) is 1.35. The molecule has 0 radical (unpaired) electrons. The summed E-state index contributed by atoms with van der Waals surface area (Å²) in [6.07, 6.45) is 0. The molecule has 6 rings (SSSR count). The van der Waals surface area contributed by atoms with Crippen LogP contribution in [0.5, 0.6) is 5.75 Å². The number of benzene rings is 4. The molecule has 0 amide bonds. The van der Waals surface area contributed by atoms with Crippen molar-refractivity contribution in [3.8, 4) is 5.75 Å². The van der Waals surface area contributed by atoms with Crippen LogP contribution in [0.2, 0.25) is 0 Å². The van der Waals surface area contributed by atoms with Gasteiger partial charge in [-0.15, -0.1) is 0 Å². The van der Waals surface area contributed by atoms with E-state index >= 15 is 0 Å². The number of para-hydroxylation sites is 1. The summed E-state index contributed by atoms with van der Waals surface area (Å²) in [4.78, 5) is 8.28. The quantitative estimate of drug-likeness (QED) is 0.342. The molecule has 0 saturated carbocycles. The van der Waals surface area contributed by atoms with Crippen molar-refractivity contribution in [1.29, 1.82) is 0 Å². The topological polar surface area (TPSA) is 34.1 Å². The van der Waals surface area contributed by atoms with Crippen molar-refractivity contribution in [2.24, 2.45) is 4.99 Å². The molecule has 0 N–H and O–H groups in total. The molecule has 0 aromatic heterocycles. The lowest BCUT2D eigenvalue weighted by molar-refractivity contribution is 0.196. The molecule has 0 saturated heterocycles. The van der Waals surface area contributed by atoms with Crippen molar-refractivity contribution in [3.05, 3.63) is 72.8 Å². The van der Waals surface area contributed by atoms with Gasteiger partial charge in [0.2, 0.25) is 0 Å². The van der Waals surface area contributed by atoms with E-state index in [0.29, 0.717) is 5.90 Å². The number of anilines is 1. The van der Waals surface area contributed by atoms with Crippen molar-refractivity contribution in [2.75, 3.05) is 19.1 Å². The summed E-state index contributed by atoms with van der Waals surface area (Å²) in [5.41, 5.74) is 1.93. The van der Waals surface area contributed by atoms with Gasteiger partial charge in [-0.1, -0.05) is 60.7 Å². The van der Waals surface area contributed by atoms with E-state index in [1.807, 2.05) is 31.3 Å². The third kappa shape index (κ3) is 2.13. The summed E-state index contributed by atoms with van der Waals surface area (Å²) in [5, 5.41) is 3.59. The fourth-order valence-electron chi connectivity index (χ4n) is 4.31. The van der Waals surface area contributed by atoms with E-state index < -0.39 is 5.06 Å². The molecule has 4 aromatic rings. The van der Waals surface area contributed by atoms with Crippen LogP contribution in [0, 0.1) is 0 Å². The third-order valence-electron chi connectivity index (χ3n) is 5.69. The minimum atomic E-state index is -0.864. The van der Waals surface area contributed by atoms with Crippen LogP contribution in [0.15, 0.2) is 82.7 Å². The fourth-order valence-corrected chi connectivity index (χ4v) is 5.64. The van der Waals surface area contributed by atoms with Gasteiger partial charge < -0.3 is 14.4 Å². The largest absolute Gasteiger partial charge is 0.479 e. The Morgan fingerprint density at radius 1 is 0.862 bits per heavy atom. The zero-order chi connectivity index (χ0) is 19.6. The van der Waals surface area contributed by atoms with E-state index in [1.165, 1.54) is 0 Å². The molecule has 2 heterocycles. The number of rotatable bonds is 0. The van der Waals surface area contributed by atoms with E-state index in [2.05, 4.69) is 53.4 Å². The maximum Gasteiger partial charge on any atom is 0.313 e. The fraction of sp³-hybridized carbons (Fsp3) is 0.125. The molecule has 0 fully saturated rings. The minimum absolute atomic E-state index is 0.550. The summed E-state index contributed by atoms with van der Waals surface area (Å²) in [7, 11) is 3.69. The Kier molecular flexibility index (Phi) is 3.41. The van der Waals surface area contributed by atoms with Gasteiger partial charge in [-0.25, -0.2) is 4.99 Å². The number of thioether (sulfide) groups is 1. The van der Waals surface area contributed by atoms with Crippen LogP contribution in [-0.4, -0.2) is 25.1 Å². The number of hydrogen-bond donors (Lipinski definition) is 0. The molecule has 1 atom stereocenters. The van der Waals surface area contributed by atoms with Crippen LogP contribution in [-0.2, 0) is 4.74 Å². The Hall–Kier alpha value is -3.18. The normalized spacial score (nSPS) is 19.8. The van der Waals surface area contributed by atoms with Gasteiger partial charge >= 0.3 is 5.06 Å². The number of hydrogen-bond acceptors (Lipinski definition) is 5. The Balaban J connectivity index is 1.68. The number of ether oxygens (including phenoxy) is 2. The van der Waals surface area contributed by atoms with E-state index in [9.17, 15) is 0 Å². The zero-order valence-electron chi connectivity index (χ0n) is 16.0. The molecular formula is C24H18N2O2S. The first-order valence-electron chi connectivity index (χ1n) is 9.50. The van der Waals surface area contributed by atoms with Gasteiger partial charge in [0.1, 0.15) is 5.69 Å². The van der Waals surface area contributed by atoms with E-state index in [4.69, 9.17) is 14.5 Å².